The molecule has 1 rings (SSSR count). The van der Waals surface area contributed by atoms with Crippen LogP contribution in [0.1, 0.15) is 13.8 Å². The highest BCUT2D eigenvalue weighted by Gasteiger charge is 2.67. The Balaban J connectivity index is 2.72. The first-order chi connectivity index (χ1) is 3.40. The van der Waals surface area contributed by atoms with Crippen LogP contribution in [0.25, 0.3) is 0 Å². The molecule has 1 aliphatic rings. The maximum absolute atomic E-state index is 8.92. The van der Waals surface area contributed by atoms with Crippen molar-refractivity contribution in [3.05, 3.63) is 6.92 Å². The second-order valence-electron chi connectivity index (χ2n) is 3.00. The van der Waals surface area contributed by atoms with Crippen molar-refractivity contribution in [2.45, 2.75) is 19.6 Å². The van der Waals surface area contributed by atoms with Crippen molar-refractivity contribution in [1.82, 2.24) is 0 Å². The highest BCUT2D eigenvalue weighted by molar-refractivity contribution is 5.13. The summed E-state index contributed by atoms with van der Waals surface area (Å²) in [4.78, 5) is 0. The van der Waals surface area contributed by atoms with E-state index >= 15 is 0 Å². The Morgan fingerprint density at radius 1 is 1.38 bits per heavy atom. The number of aliphatic hydroxyl groups is 2. The van der Waals surface area contributed by atoms with Crippen molar-refractivity contribution in [1.29, 1.82) is 0 Å². The number of rotatable bonds is 0. The van der Waals surface area contributed by atoms with Crippen molar-refractivity contribution in [2.24, 2.45) is 11.3 Å². The van der Waals surface area contributed by atoms with E-state index < -0.39 is 11.2 Å². The van der Waals surface area contributed by atoms with Crippen molar-refractivity contribution in [3.8, 4) is 0 Å². The molecule has 0 bridgehead atoms. The molecule has 0 saturated heterocycles. The van der Waals surface area contributed by atoms with E-state index in [9.17, 15) is 0 Å². The van der Waals surface area contributed by atoms with Crippen LogP contribution in [0.5, 0.6) is 0 Å². The lowest BCUT2D eigenvalue weighted by molar-refractivity contribution is -0.102. The first kappa shape index (κ1) is 6.05. The Morgan fingerprint density at radius 3 is 1.50 bits per heavy atom. The van der Waals surface area contributed by atoms with E-state index in [-0.39, 0.29) is 5.92 Å². The van der Waals surface area contributed by atoms with Crippen LogP contribution in [0, 0.1) is 18.3 Å². The van der Waals surface area contributed by atoms with Gasteiger partial charge in [-0.3, -0.25) is 0 Å². The molecule has 1 unspecified atom stereocenters. The summed E-state index contributed by atoms with van der Waals surface area (Å²) in [7, 11) is 0. The Morgan fingerprint density at radius 2 is 1.50 bits per heavy atom. The van der Waals surface area contributed by atoms with Gasteiger partial charge in [0.2, 0.25) is 0 Å². The van der Waals surface area contributed by atoms with Gasteiger partial charge in [-0.15, -0.1) is 0 Å². The van der Waals surface area contributed by atoms with Gasteiger partial charge in [0.25, 0.3) is 0 Å². The van der Waals surface area contributed by atoms with Crippen molar-refractivity contribution in [3.63, 3.8) is 0 Å². The summed E-state index contributed by atoms with van der Waals surface area (Å²) in [5.74, 6) is -1.73. The highest BCUT2D eigenvalue weighted by atomic mass is 16.5. The van der Waals surface area contributed by atoms with Crippen molar-refractivity contribution >= 4 is 0 Å². The first-order valence-electron chi connectivity index (χ1n) is 2.68. The topological polar surface area (TPSA) is 40.5 Å². The molecule has 1 saturated carbocycles. The van der Waals surface area contributed by atoms with Crippen LogP contribution < -0.4 is 0 Å². The van der Waals surface area contributed by atoms with Crippen LogP contribution in [0.15, 0.2) is 0 Å². The molecule has 2 N–H and O–H groups in total. The fourth-order valence-corrected chi connectivity index (χ4v) is 0.821. The van der Waals surface area contributed by atoms with Gasteiger partial charge < -0.3 is 10.2 Å². The zero-order valence-corrected chi connectivity index (χ0v) is 5.18. The average Bonchev–Trinajstić information content (AvgIpc) is 1.88. The zero-order chi connectivity index (χ0) is 6.58. The summed E-state index contributed by atoms with van der Waals surface area (Å²) < 4.78 is 0. The van der Waals surface area contributed by atoms with Gasteiger partial charge in [-0.1, -0.05) is 13.8 Å². The fraction of sp³-hybridized carbons (Fsp3) is 0.833. The standard InChI is InChI=1S/C6H11O2/c1-4-5(2,3)6(4,7)8/h4,7-8H,1H2,2-3H3. The van der Waals surface area contributed by atoms with Crippen LogP contribution in [0.2, 0.25) is 0 Å². The predicted molar refractivity (Wildman–Crippen MR) is 29.8 cm³/mol. The molecule has 0 spiro atoms. The SMILES string of the molecule is [CH2]C1C(C)(C)C1(O)O. The summed E-state index contributed by atoms with van der Waals surface area (Å²) in [5, 5.41) is 17.8. The van der Waals surface area contributed by atoms with Gasteiger partial charge in [0, 0.05) is 11.3 Å². The molecule has 0 heterocycles. The van der Waals surface area contributed by atoms with E-state index in [0.717, 1.165) is 0 Å². The zero-order valence-electron chi connectivity index (χ0n) is 5.18. The molecule has 1 fully saturated rings. The van der Waals surface area contributed by atoms with Gasteiger partial charge in [-0.2, -0.15) is 0 Å². The van der Waals surface area contributed by atoms with Crippen molar-refractivity contribution < 1.29 is 10.2 Å². The Labute approximate surface area is 49.1 Å². The largest absolute Gasteiger partial charge is 0.365 e. The average molecular weight is 115 g/mol. The van der Waals surface area contributed by atoms with Gasteiger partial charge in [-0.05, 0) is 6.92 Å². The summed E-state index contributed by atoms with van der Waals surface area (Å²) >= 11 is 0. The van der Waals surface area contributed by atoms with Gasteiger partial charge in [0.15, 0.2) is 5.79 Å². The Hall–Kier alpha value is -0.0800. The first-order valence-corrected chi connectivity index (χ1v) is 2.68. The van der Waals surface area contributed by atoms with Gasteiger partial charge in [0.1, 0.15) is 0 Å². The van der Waals surface area contributed by atoms with Crippen molar-refractivity contribution in [2.75, 3.05) is 0 Å². The predicted octanol–water partition coefficient (Wildman–Crippen LogP) is 0.157. The van der Waals surface area contributed by atoms with E-state index in [1.165, 1.54) is 0 Å². The third kappa shape index (κ3) is 0.400. The van der Waals surface area contributed by atoms with Crippen LogP contribution in [0.4, 0.5) is 0 Å². The molecule has 0 aromatic carbocycles. The lowest BCUT2D eigenvalue weighted by Gasteiger charge is -2.02. The molecule has 1 aliphatic carbocycles. The quantitative estimate of drug-likeness (QED) is 0.441. The normalized spacial score (nSPS) is 39.4. The molecule has 1 radical (unpaired) electrons. The Bertz CT molecular complexity index is 102. The van der Waals surface area contributed by atoms with E-state index in [1.54, 1.807) is 13.8 Å². The molecular weight excluding hydrogens is 104 g/mol. The number of hydrogen-bond donors (Lipinski definition) is 2. The van der Waals surface area contributed by atoms with E-state index in [2.05, 4.69) is 6.92 Å². The highest BCUT2D eigenvalue weighted by Crippen LogP contribution is 2.58. The number of hydrogen-bond acceptors (Lipinski definition) is 2. The molecule has 47 valence electrons. The monoisotopic (exact) mass is 115 g/mol. The fourth-order valence-electron chi connectivity index (χ4n) is 0.821. The van der Waals surface area contributed by atoms with Gasteiger partial charge in [-0.25, -0.2) is 0 Å². The molecular formula is C6H11O2. The van der Waals surface area contributed by atoms with Gasteiger partial charge in [0.05, 0.1) is 0 Å². The molecule has 8 heavy (non-hydrogen) atoms. The third-order valence-corrected chi connectivity index (χ3v) is 2.22. The molecule has 0 aromatic rings. The molecule has 2 nitrogen and oxygen atoms in total. The second-order valence-corrected chi connectivity index (χ2v) is 3.00. The summed E-state index contributed by atoms with van der Waals surface area (Å²) in [6.07, 6.45) is 0. The smallest absolute Gasteiger partial charge is 0.171 e. The van der Waals surface area contributed by atoms with E-state index in [0.29, 0.717) is 0 Å². The van der Waals surface area contributed by atoms with E-state index in [4.69, 9.17) is 10.2 Å². The minimum Gasteiger partial charge on any atom is -0.365 e. The molecule has 2 heteroatoms. The van der Waals surface area contributed by atoms with Crippen LogP contribution in [0.3, 0.4) is 0 Å². The molecule has 1 atom stereocenters. The van der Waals surface area contributed by atoms with Crippen LogP contribution >= 0.6 is 0 Å². The Kier molecular flexibility index (Phi) is 0.823. The van der Waals surface area contributed by atoms with Crippen LogP contribution in [-0.4, -0.2) is 16.0 Å². The van der Waals surface area contributed by atoms with Crippen LogP contribution in [-0.2, 0) is 0 Å². The lowest BCUT2D eigenvalue weighted by Crippen LogP contribution is -2.13. The maximum Gasteiger partial charge on any atom is 0.171 e. The lowest BCUT2D eigenvalue weighted by atomic mass is 10.1. The van der Waals surface area contributed by atoms with Gasteiger partial charge >= 0.3 is 0 Å². The minimum atomic E-state index is -1.51. The third-order valence-electron chi connectivity index (χ3n) is 2.22. The summed E-state index contributed by atoms with van der Waals surface area (Å²) in [6.45, 7) is 7.12. The summed E-state index contributed by atoms with van der Waals surface area (Å²) in [5.41, 5.74) is -0.396. The summed E-state index contributed by atoms with van der Waals surface area (Å²) in [6, 6.07) is 0. The second kappa shape index (κ2) is 1.09. The maximum atomic E-state index is 8.92. The minimum absolute atomic E-state index is 0.227. The molecule has 0 amide bonds. The molecule has 0 aliphatic heterocycles. The molecule has 0 aromatic heterocycles. The van der Waals surface area contributed by atoms with E-state index in [1.807, 2.05) is 0 Å².